The SMILES string of the molecule is O=C(CCC1CCCC1)NNC(=S)NCc1ccccc1. The lowest BCUT2D eigenvalue weighted by Gasteiger charge is -2.12. The minimum absolute atomic E-state index is 0.00533. The molecule has 1 aromatic rings. The summed E-state index contributed by atoms with van der Waals surface area (Å²) in [4.78, 5) is 11.7. The summed E-state index contributed by atoms with van der Waals surface area (Å²) >= 11 is 5.13. The molecular formula is C16H23N3OS. The third kappa shape index (κ3) is 6.12. The minimum Gasteiger partial charge on any atom is -0.357 e. The summed E-state index contributed by atoms with van der Waals surface area (Å²) in [5.74, 6) is 0.740. The summed E-state index contributed by atoms with van der Waals surface area (Å²) in [5.41, 5.74) is 6.55. The van der Waals surface area contributed by atoms with E-state index < -0.39 is 0 Å². The molecule has 4 nitrogen and oxygen atoms in total. The van der Waals surface area contributed by atoms with E-state index in [-0.39, 0.29) is 5.91 Å². The van der Waals surface area contributed by atoms with E-state index in [1.165, 1.54) is 25.7 Å². The minimum atomic E-state index is 0.00533. The Morgan fingerprint density at radius 3 is 2.57 bits per heavy atom. The topological polar surface area (TPSA) is 53.2 Å². The highest BCUT2D eigenvalue weighted by atomic mass is 32.1. The molecule has 0 atom stereocenters. The van der Waals surface area contributed by atoms with Crippen LogP contribution in [0.2, 0.25) is 0 Å². The van der Waals surface area contributed by atoms with Gasteiger partial charge >= 0.3 is 0 Å². The van der Waals surface area contributed by atoms with Crippen LogP contribution in [0.4, 0.5) is 0 Å². The molecular weight excluding hydrogens is 282 g/mol. The van der Waals surface area contributed by atoms with Crippen LogP contribution in [0.15, 0.2) is 30.3 Å². The van der Waals surface area contributed by atoms with E-state index in [1.54, 1.807) is 0 Å². The number of thiocarbonyl (C=S) groups is 1. The summed E-state index contributed by atoms with van der Waals surface area (Å²) in [6.07, 6.45) is 6.74. The average molecular weight is 305 g/mol. The van der Waals surface area contributed by atoms with Gasteiger partial charge < -0.3 is 5.32 Å². The van der Waals surface area contributed by atoms with E-state index in [4.69, 9.17) is 12.2 Å². The smallest absolute Gasteiger partial charge is 0.238 e. The molecule has 0 radical (unpaired) electrons. The largest absolute Gasteiger partial charge is 0.357 e. The first-order valence-corrected chi connectivity index (χ1v) is 8.01. The molecule has 0 aliphatic heterocycles. The molecule has 114 valence electrons. The maximum Gasteiger partial charge on any atom is 0.238 e. The van der Waals surface area contributed by atoms with E-state index in [1.807, 2.05) is 30.3 Å². The van der Waals surface area contributed by atoms with E-state index >= 15 is 0 Å². The van der Waals surface area contributed by atoms with Crippen molar-refractivity contribution in [3.8, 4) is 0 Å². The molecule has 0 spiro atoms. The van der Waals surface area contributed by atoms with E-state index in [0.717, 1.165) is 17.9 Å². The van der Waals surface area contributed by atoms with Gasteiger partial charge in [-0.15, -0.1) is 0 Å². The summed E-state index contributed by atoms with van der Waals surface area (Å²) in [5, 5.41) is 3.50. The molecule has 1 aromatic carbocycles. The summed E-state index contributed by atoms with van der Waals surface area (Å²) in [6, 6.07) is 9.99. The van der Waals surface area contributed by atoms with Crippen LogP contribution in [0, 0.1) is 5.92 Å². The second kappa shape index (κ2) is 8.62. The van der Waals surface area contributed by atoms with Gasteiger partial charge in [0.15, 0.2) is 5.11 Å². The van der Waals surface area contributed by atoms with Crippen LogP contribution in [-0.2, 0) is 11.3 Å². The highest BCUT2D eigenvalue weighted by molar-refractivity contribution is 7.80. The predicted octanol–water partition coefficient (Wildman–Crippen LogP) is 2.65. The Kier molecular flexibility index (Phi) is 6.47. The Morgan fingerprint density at radius 2 is 1.86 bits per heavy atom. The number of benzene rings is 1. The monoisotopic (exact) mass is 305 g/mol. The average Bonchev–Trinajstić information content (AvgIpc) is 3.03. The van der Waals surface area contributed by atoms with Crippen molar-refractivity contribution >= 4 is 23.2 Å². The van der Waals surface area contributed by atoms with Crippen molar-refractivity contribution in [2.45, 2.75) is 45.1 Å². The fraction of sp³-hybridized carbons (Fsp3) is 0.500. The van der Waals surface area contributed by atoms with Gasteiger partial charge in [-0.25, -0.2) is 0 Å². The maximum absolute atomic E-state index is 11.7. The Balaban J connectivity index is 1.56. The summed E-state index contributed by atoms with van der Waals surface area (Å²) in [6.45, 7) is 0.643. The number of rotatable bonds is 5. The lowest BCUT2D eigenvalue weighted by molar-refractivity contribution is -0.121. The van der Waals surface area contributed by atoms with Crippen molar-refractivity contribution in [2.75, 3.05) is 0 Å². The second-order valence-electron chi connectivity index (χ2n) is 5.53. The number of hydrazine groups is 1. The molecule has 5 heteroatoms. The van der Waals surface area contributed by atoms with Crippen molar-refractivity contribution in [1.82, 2.24) is 16.2 Å². The first-order chi connectivity index (χ1) is 10.2. The molecule has 0 unspecified atom stereocenters. The van der Waals surface area contributed by atoms with Gasteiger partial charge in [-0.1, -0.05) is 56.0 Å². The van der Waals surface area contributed by atoms with Gasteiger partial charge in [-0.05, 0) is 30.1 Å². The predicted molar refractivity (Wildman–Crippen MR) is 88.4 cm³/mol. The van der Waals surface area contributed by atoms with Crippen molar-refractivity contribution in [3.05, 3.63) is 35.9 Å². The van der Waals surface area contributed by atoms with Crippen molar-refractivity contribution in [3.63, 3.8) is 0 Å². The molecule has 3 N–H and O–H groups in total. The van der Waals surface area contributed by atoms with E-state index in [0.29, 0.717) is 18.1 Å². The molecule has 21 heavy (non-hydrogen) atoms. The van der Waals surface area contributed by atoms with Gasteiger partial charge in [0.1, 0.15) is 0 Å². The Bertz CT molecular complexity index is 458. The normalized spacial score (nSPS) is 14.7. The summed E-state index contributed by atoms with van der Waals surface area (Å²) < 4.78 is 0. The lowest BCUT2D eigenvalue weighted by Crippen LogP contribution is -2.46. The van der Waals surface area contributed by atoms with Crippen molar-refractivity contribution < 1.29 is 4.79 Å². The molecule has 0 saturated heterocycles. The Morgan fingerprint density at radius 1 is 1.14 bits per heavy atom. The van der Waals surface area contributed by atoms with Gasteiger partial charge in [0.05, 0.1) is 0 Å². The molecule has 1 amide bonds. The number of nitrogens with one attached hydrogen (secondary N) is 3. The van der Waals surface area contributed by atoms with Crippen LogP contribution in [-0.4, -0.2) is 11.0 Å². The van der Waals surface area contributed by atoms with Gasteiger partial charge in [0, 0.05) is 13.0 Å². The van der Waals surface area contributed by atoms with Crippen molar-refractivity contribution in [1.29, 1.82) is 0 Å². The molecule has 0 heterocycles. The van der Waals surface area contributed by atoms with Crippen LogP contribution in [0.3, 0.4) is 0 Å². The molecule has 1 saturated carbocycles. The van der Waals surface area contributed by atoms with Crippen LogP contribution in [0.1, 0.15) is 44.1 Å². The third-order valence-electron chi connectivity index (χ3n) is 3.87. The van der Waals surface area contributed by atoms with Gasteiger partial charge in [-0.2, -0.15) is 0 Å². The molecule has 1 fully saturated rings. The number of hydrogen-bond acceptors (Lipinski definition) is 2. The second-order valence-corrected chi connectivity index (χ2v) is 5.94. The first-order valence-electron chi connectivity index (χ1n) is 7.60. The molecule has 0 aromatic heterocycles. The molecule has 0 bridgehead atoms. The zero-order chi connectivity index (χ0) is 14.9. The molecule has 2 rings (SSSR count). The highest BCUT2D eigenvalue weighted by Gasteiger charge is 2.16. The number of carbonyl (C=O) groups excluding carboxylic acids is 1. The Hall–Kier alpha value is -1.62. The van der Waals surface area contributed by atoms with Gasteiger partial charge in [-0.3, -0.25) is 15.6 Å². The lowest BCUT2D eigenvalue weighted by atomic mass is 10.0. The summed E-state index contributed by atoms with van der Waals surface area (Å²) in [7, 11) is 0. The third-order valence-corrected chi connectivity index (χ3v) is 4.11. The van der Waals surface area contributed by atoms with Gasteiger partial charge in [0.25, 0.3) is 0 Å². The van der Waals surface area contributed by atoms with Crippen molar-refractivity contribution in [2.24, 2.45) is 5.92 Å². The van der Waals surface area contributed by atoms with Crippen LogP contribution < -0.4 is 16.2 Å². The zero-order valence-electron chi connectivity index (χ0n) is 12.2. The molecule has 1 aliphatic rings. The standard InChI is InChI=1S/C16H23N3OS/c20-15(11-10-13-6-4-5-7-13)18-19-16(21)17-12-14-8-2-1-3-9-14/h1-3,8-9,13H,4-7,10-12H2,(H,18,20)(H2,17,19,21). The zero-order valence-corrected chi connectivity index (χ0v) is 13.0. The number of carbonyl (C=O) groups is 1. The van der Waals surface area contributed by atoms with Crippen LogP contribution in [0.25, 0.3) is 0 Å². The quantitative estimate of drug-likeness (QED) is 0.578. The highest BCUT2D eigenvalue weighted by Crippen LogP contribution is 2.28. The Labute approximate surface area is 131 Å². The van der Waals surface area contributed by atoms with Gasteiger partial charge in [0.2, 0.25) is 5.91 Å². The first kappa shape index (κ1) is 15.8. The van der Waals surface area contributed by atoms with Crippen LogP contribution in [0.5, 0.6) is 0 Å². The fourth-order valence-electron chi connectivity index (χ4n) is 2.65. The molecule has 1 aliphatic carbocycles. The van der Waals surface area contributed by atoms with Crippen LogP contribution >= 0.6 is 12.2 Å². The number of hydrogen-bond donors (Lipinski definition) is 3. The number of amides is 1. The fourth-order valence-corrected chi connectivity index (χ4v) is 2.77. The van der Waals surface area contributed by atoms with E-state index in [2.05, 4.69) is 16.2 Å². The van der Waals surface area contributed by atoms with E-state index in [9.17, 15) is 4.79 Å². The maximum atomic E-state index is 11.7.